The largest absolute Gasteiger partial charge is 0.378 e. The smallest absolute Gasteiger partial charge is 0.136 e. The lowest BCUT2D eigenvalue weighted by Gasteiger charge is -2.16. The third-order valence-corrected chi connectivity index (χ3v) is 4.97. The highest BCUT2D eigenvalue weighted by molar-refractivity contribution is 5.82. The van der Waals surface area contributed by atoms with Crippen molar-refractivity contribution >= 4 is 16.8 Å². The summed E-state index contributed by atoms with van der Waals surface area (Å²) in [5.74, 6) is 0. The van der Waals surface area contributed by atoms with Gasteiger partial charge in [-0.2, -0.15) is 21.0 Å². The maximum absolute atomic E-state index is 9.61. The van der Waals surface area contributed by atoms with Crippen LogP contribution in [0.3, 0.4) is 0 Å². The molecule has 0 aliphatic carbocycles. The van der Waals surface area contributed by atoms with Crippen LogP contribution in [0.1, 0.15) is 31.7 Å². The highest BCUT2D eigenvalue weighted by Gasteiger charge is 2.15. The van der Waals surface area contributed by atoms with E-state index in [0.29, 0.717) is 17.2 Å². The summed E-state index contributed by atoms with van der Waals surface area (Å²) < 4.78 is 0. The van der Waals surface area contributed by atoms with E-state index in [9.17, 15) is 10.5 Å². The molecule has 5 heteroatoms. The minimum atomic E-state index is 0.0416. The Morgan fingerprint density at radius 2 is 1.32 bits per heavy atom. The van der Waals surface area contributed by atoms with Crippen LogP contribution in [0.4, 0.5) is 5.69 Å². The number of hydrogen-bond acceptors (Lipinski definition) is 5. The summed E-state index contributed by atoms with van der Waals surface area (Å²) in [6.07, 6.45) is 2.38. The lowest BCUT2D eigenvalue weighted by molar-refractivity contribution is 0.798. The van der Waals surface area contributed by atoms with Gasteiger partial charge in [-0.3, -0.25) is 0 Å². The van der Waals surface area contributed by atoms with Crippen molar-refractivity contribution in [2.45, 2.75) is 26.2 Å². The minimum absolute atomic E-state index is 0.0416. The second kappa shape index (κ2) is 11.0. The Kier molecular flexibility index (Phi) is 8.16. The lowest BCUT2D eigenvalue weighted by Crippen LogP contribution is -2.15. The van der Waals surface area contributed by atoms with Crippen molar-refractivity contribution in [1.82, 2.24) is 0 Å². The van der Waals surface area contributed by atoms with Gasteiger partial charge in [0, 0.05) is 25.0 Å². The molecular weight excluding hydrogens is 382 g/mol. The van der Waals surface area contributed by atoms with E-state index in [1.54, 1.807) is 12.1 Å². The molecule has 0 atom stereocenters. The summed E-state index contributed by atoms with van der Waals surface area (Å²) in [4.78, 5) is 2.00. The van der Waals surface area contributed by atoms with Crippen LogP contribution in [0.5, 0.6) is 0 Å². The molecule has 5 nitrogen and oxygen atoms in total. The summed E-state index contributed by atoms with van der Waals surface area (Å²) in [7, 11) is 3.93. The van der Waals surface area contributed by atoms with E-state index in [-0.39, 0.29) is 11.1 Å². The molecule has 31 heavy (non-hydrogen) atoms. The van der Waals surface area contributed by atoms with Gasteiger partial charge in [-0.15, -0.1) is 0 Å². The van der Waals surface area contributed by atoms with Crippen LogP contribution in [-0.2, 0) is 0 Å². The topological polar surface area (TPSA) is 98.4 Å². The maximum Gasteiger partial charge on any atom is 0.136 e. The van der Waals surface area contributed by atoms with E-state index >= 15 is 0 Å². The van der Waals surface area contributed by atoms with Crippen molar-refractivity contribution in [2.24, 2.45) is 0 Å². The van der Waals surface area contributed by atoms with Gasteiger partial charge in [0.15, 0.2) is 0 Å². The second-order valence-electron chi connectivity index (χ2n) is 7.17. The van der Waals surface area contributed by atoms with Crippen molar-refractivity contribution in [2.75, 3.05) is 19.0 Å². The first kappa shape index (κ1) is 23.0. The molecule has 2 aromatic rings. The Morgan fingerprint density at radius 3 is 1.77 bits per heavy atom. The standard InChI is InChI=1S/C26H23N5/c1-4-5-6-25(23(17-29)18-30)26(21-11-13-24(14-12-21)31(2)3)20-9-7-19(8-10-20)22(15-27)16-28/h7-14H,4-6H2,1-3H3. The number of hydrogen-bond donors (Lipinski definition) is 0. The van der Waals surface area contributed by atoms with E-state index in [1.807, 2.05) is 67.5 Å². The van der Waals surface area contributed by atoms with Gasteiger partial charge < -0.3 is 4.90 Å². The molecule has 0 N–H and O–H groups in total. The Morgan fingerprint density at radius 1 is 0.774 bits per heavy atom. The van der Waals surface area contributed by atoms with Crippen LogP contribution in [0, 0.1) is 45.3 Å². The highest BCUT2D eigenvalue weighted by atomic mass is 15.1. The normalized spacial score (nSPS) is 9.39. The number of anilines is 1. The van der Waals surface area contributed by atoms with Crippen molar-refractivity contribution in [3.63, 3.8) is 0 Å². The monoisotopic (exact) mass is 405 g/mol. The predicted molar refractivity (Wildman–Crippen MR) is 121 cm³/mol. The van der Waals surface area contributed by atoms with Gasteiger partial charge in [0.1, 0.15) is 35.4 Å². The van der Waals surface area contributed by atoms with Gasteiger partial charge in [0.2, 0.25) is 0 Å². The molecule has 0 fully saturated rings. The first-order chi connectivity index (χ1) is 15.0. The summed E-state index contributed by atoms with van der Waals surface area (Å²) in [6.45, 7) is 2.07. The predicted octanol–water partition coefficient (Wildman–Crippen LogP) is 3.68. The van der Waals surface area contributed by atoms with Gasteiger partial charge >= 0.3 is 0 Å². The Hall–Kier alpha value is -4.32. The summed E-state index contributed by atoms with van der Waals surface area (Å²) in [5, 5.41) is 38.8. The quantitative estimate of drug-likeness (QED) is 0.683. The first-order valence-corrected chi connectivity index (χ1v) is 9.97. The van der Waals surface area contributed by atoms with Crippen molar-refractivity contribution in [3.8, 4) is 24.3 Å². The zero-order chi connectivity index (χ0) is 22.8. The van der Waals surface area contributed by atoms with E-state index < -0.39 is 0 Å². The lowest BCUT2D eigenvalue weighted by atomic mass is 9.88. The fourth-order valence-electron chi connectivity index (χ4n) is 3.29. The van der Waals surface area contributed by atoms with Gasteiger partial charge in [0.05, 0.1) is 0 Å². The molecule has 0 heterocycles. The number of rotatable bonds is 6. The van der Waals surface area contributed by atoms with Crippen molar-refractivity contribution in [3.05, 3.63) is 75.7 Å². The minimum Gasteiger partial charge on any atom is -0.378 e. The second-order valence-corrected chi connectivity index (χ2v) is 7.17. The Bertz CT molecular complexity index is 1210. The number of unbranched alkanes of at least 4 members (excludes halogenated alkanes) is 1. The molecule has 2 rings (SSSR count). The summed E-state index contributed by atoms with van der Waals surface area (Å²) in [6, 6.07) is 23.0. The van der Waals surface area contributed by atoms with E-state index in [2.05, 4.69) is 19.1 Å². The molecule has 0 spiro atoms. The summed E-state index contributed by atoms with van der Waals surface area (Å²) in [5.41, 5.74) is 3.61. The highest BCUT2D eigenvalue weighted by Crippen LogP contribution is 2.29. The molecule has 0 bridgehead atoms. The zero-order valence-electron chi connectivity index (χ0n) is 18.0. The van der Waals surface area contributed by atoms with Crippen LogP contribution in [0.25, 0.3) is 11.1 Å². The molecule has 0 aliphatic rings. The third kappa shape index (κ3) is 5.39. The van der Waals surface area contributed by atoms with E-state index in [1.165, 1.54) is 0 Å². The molecule has 0 aliphatic heterocycles. The average molecular weight is 406 g/mol. The van der Waals surface area contributed by atoms with Gasteiger partial charge in [-0.25, -0.2) is 0 Å². The Balaban J connectivity index is 2.91. The average Bonchev–Trinajstić information content (AvgIpc) is 2.80. The fraction of sp³-hybridized carbons (Fsp3) is 0.231. The molecule has 0 radical (unpaired) electrons. The van der Waals surface area contributed by atoms with Crippen molar-refractivity contribution < 1.29 is 0 Å². The molecular formula is C26H23N5. The number of allylic oxidation sites excluding steroid dienone is 2. The Labute approximate surface area is 183 Å². The molecule has 2 aromatic carbocycles. The van der Waals surface area contributed by atoms with E-state index in [4.69, 9.17) is 10.5 Å². The zero-order valence-corrected chi connectivity index (χ0v) is 18.0. The van der Waals surface area contributed by atoms with Crippen LogP contribution in [0.15, 0.2) is 59.7 Å². The van der Waals surface area contributed by atoms with Gasteiger partial charge in [0.25, 0.3) is 0 Å². The number of nitrogens with zero attached hydrogens (tertiary/aromatic N) is 5. The van der Waals surface area contributed by atoms with Crippen molar-refractivity contribution in [1.29, 1.82) is 21.0 Å². The molecule has 0 saturated heterocycles. The molecule has 0 amide bonds. The molecule has 152 valence electrons. The molecule has 0 unspecified atom stereocenters. The maximum atomic E-state index is 9.61. The third-order valence-electron chi connectivity index (χ3n) is 4.97. The SMILES string of the molecule is CCCCC(=C(C#N)C#N)C(c1ccc(N(C)C)cc1)=c1ccc(=C(C#N)C#N)cc1. The van der Waals surface area contributed by atoms with Gasteiger partial charge in [-0.05, 0) is 46.9 Å². The van der Waals surface area contributed by atoms with Gasteiger partial charge in [-0.1, -0.05) is 49.7 Å². The van der Waals surface area contributed by atoms with Crippen LogP contribution >= 0.6 is 0 Å². The fourth-order valence-corrected chi connectivity index (χ4v) is 3.29. The van der Waals surface area contributed by atoms with E-state index in [0.717, 1.165) is 34.9 Å². The molecule has 0 aromatic heterocycles. The molecule has 0 saturated carbocycles. The summed E-state index contributed by atoms with van der Waals surface area (Å²) >= 11 is 0. The van der Waals surface area contributed by atoms with Crippen LogP contribution in [0.2, 0.25) is 0 Å². The number of benzene rings is 2. The number of nitriles is 4. The van der Waals surface area contributed by atoms with Crippen LogP contribution < -0.4 is 15.3 Å². The van der Waals surface area contributed by atoms with Crippen LogP contribution in [-0.4, -0.2) is 14.1 Å². The first-order valence-electron chi connectivity index (χ1n) is 9.97.